The smallest absolute Gasteiger partial charge is 0.0667 e. The average molecular weight is 513 g/mol. The number of nitrogens with zero attached hydrogens (tertiary/aromatic N) is 2. The third-order valence-corrected chi connectivity index (χ3v) is 6.97. The normalized spacial score (nSPS) is 13.9. The highest BCUT2D eigenvalue weighted by atomic mass is 16.3. The largest absolute Gasteiger partial charge is 0.392 e. The van der Waals surface area contributed by atoms with Crippen LogP contribution >= 0.6 is 0 Å². The fourth-order valence-corrected chi connectivity index (χ4v) is 4.69. The maximum absolute atomic E-state index is 10.5. The first-order valence-electron chi connectivity index (χ1n) is 15.4. The molecule has 0 bridgehead atoms. The molecule has 2 unspecified atom stereocenters. The van der Waals surface area contributed by atoms with Gasteiger partial charge in [-0.2, -0.15) is 0 Å². The van der Waals surface area contributed by atoms with E-state index in [1.165, 1.54) is 64.2 Å². The first-order chi connectivity index (χ1) is 17.6. The summed E-state index contributed by atoms with van der Waals surface area (Å²) in [6.45, 7) is 10.8. The molecule has 0 saturated carbocycles. The van der Waals surface area contributed by atoms with Gasteiger partial charge in [0.2, 0.25) is 0 Å². The molecule has 6 nitrogen and oxygen atoms in total. The van der Waals surface area contributed by atoms with Crippen LogP contribution in [0.4, 0.5) is 0 Å². The van der Waals surface area contributed by atoms with Crippen molar-refractivity contribution in [2.75, 3.05) is 52.4 Å². The zero-order valence-corrected chi connectivity index (χ0v) is 24.2. The summed E-state index contributed by atoms with van der Waals surface area (Å²) in [5, 5.41) is 21.1. The van der Waals surface area contributed by atoms with Gasteiger partial charge in [0.1, 0.15) is 0 Å². The van der Waals surface area contributed by atoms with Crippen LogP contribution in [0.15, 0.2) is 12.2 Å². The van der Waals surface area contributed by atoms with Gasteiger partial charge in [0.25, 0.3) is 0 Å². The molecule has 0 radical (unpaired) electrons. The van der Waals surface area contributed by atoms with Crippen LogP contribution in [-0.4, -0.2) is 84.6 Å². The highest BCUT2D eigenvalue weighted by molar-refractivity contribution is 4.89. The van der Waals surface area contributed by atoms with E-state index in [0.29, 0.717) is 26.2 Å². The van der Waals surface area contributed by atoms with Gasteiger partial charge in [0.05, 0.1) is 12.2 Å². The topological polar surface area (TPSA) is 99.0 Å². The molecule has 0 aromatic carbocycles. The molecule has 0 aromatic rings. The fourth-order valence-electron chi connectivity index (χ4n) is 4.69. The third-order valence-electron chi connectivity index (χ3n) is 6.97. The Morgan fingerprint density at radius 2 is 0.917 bits per heavy atom. The summed E-state index contributed by atoms with van der Waals surface area (Å²) in [5.41, 5.74) is 11.5. The average Bonchev–Trinajstić information content (AvgIpc) is 2.87. The van der Waals surface area contributed by atoms with Gasteiger partial charge in [-0.3, -0.25) is 9.80 Å². The maximum Gasteiger partial charge on any atom is 0.0667 e. The number of rotatable bonds is 28. The number of aliphatic hydroxyl groups excluding tert-OH is 2. The van der Waals surface area contributed by atoms with Crippen molar-refractivity contribution in [3.63, 3.8) is 0 Å². The van der Waals surface area contributed by atoms with Crippen molar-refractivity contribution in [3.8, 4) is 0 Å². The van der Waals surface area contributed by atoms with Crippen molar-refractivity contribution in [3.05, 3.63) is 12.2 Å². The van der Waals surface area contributed by atoms with E-state index >= 15 is 0 Å². The molecule has 0 fully saturated rings. The summed E-state index contributed by atoms with van der Waals surface area (Å²) < 4.78 is 0. The molecule has 0 amide bonds. The maximum atomic E-state index is 10.5. The Hall–Kier alpha value is -0.500. The summed E-state index contributed by atoms with van der Waals surface area (Å²) >= 11 is 0. The standard InChI is InChI=1S/C30H64N4O2/c1-3-5-7-9-11-13-19-29(35)27-33(25-17-21-31)23-15-16-24-34(26-18-22-32)28-30(36)20-14-12-10-8-6-4-2/h15-16,29-30,35-36H,3-14,17-28,31-32H2,1-2H3/b16-15+. The van der Waals surface area contributed by atoms with Crippen LogP contribution in [0.25, 0.3) is 0 Å². The predicted octanol–water partition coefficient (Wildman–Crippen LogP) is 5.07. The van der Waals surface area contributed by atoms with Crippen molar-refractivity contribution in [1.82, 2.24) is 9.80 Å². The van der Waals surface area contributed by atoms with Crippen LogP contribution in [0.5, 0.6) is 0 Å². The molecule has 0 aliphatic rings. The molecule has 0 aromatic heterocycles. The molecule has 0 heterocycles. The van der Waals surface area contributed by atoms with Crippen molar-refractivity contribution >= 4 is 0 Å². The van der Waals surface area contributed by atoms with E-state index in [4.69, 9.17) is 11.5 Å². The van der Waals surface area contributed by atoms with E-state index in [9.17, 15) is 10.2 Å². The molecular weight excluding hydrogens is 448 g/mol. The molecule has 2 atom stereocenters. The highest BCUT2D eigenvalue weighted by Gasteiger charge is 2.12. The van der Waals surface area contributed by atoms with Crippen LogP contribution in [0.2, 0.25) is 0 Å². The second-order valence-electron chi connectivity index (χ2n) is 10.7. The summed E-state index contributed by atoms with van der Waals surface area (Å²) in [6, 6.07) is 0. The SMILES string of the molecule is CCCCCCCCC(O)CN(C/C=C/CN(CCCN)CC(O)CCCCCCCC)CCCN. The summed E-state index contributed by atoms with van der Waals surface area (Å²) in [7, 11) is 0. The van der Waals surface area contributed by atoms with Crippen molar-refractivity contribution < 1.29 is 10.2 Å². The Balaban J connectivity index is 4.40. The number of hydrogen-bond acceptors (Lipinski definition) is 6. The molecule has 0 spiro atoms. The lowest BCUT2D eigenvalue weighted by molar-refractivity contribution is 0.106. The van der Waals surface area contributed by atoms with Gasteiger partial charge >= 0.3 is 0 Å². The van der Waals surface area contributed by atoms with Crippen molar-refractivity contribution in [1.29, 1.82) is 0 Å². The van der Waals surface area contributed by atoms with E-state index in [0.717, 1.165) is 64.7 Å². The Morgan fingerprint density at radius 3 is 1.28 bits per heavy atom. The van der Waals surface area contributed by atoms with E-state index in [2.05, 4.69) is 35.8 Å². The minimum Gasteiger partial charge on any atom is -0.392 e. The number of unbranched alkanes of at least 4 members (excludes halogenated alkanes) is 10. The summed E-state index contributed by atoms with van der Waals surface area (Å²) in [4.78, 5) is 4.64. The third kappa shape index (κ3) is 23.9. The fraction of sp³-hybridized carbons (Fsp3) is 0.933. The molecular formula is C30H64N4O2. The monoisotopic (exact) mass is 513 g/mol. The number of hydrogen-bond donors (Lipinski definition) is 4. The zero-order chi connectivity index (χ0) is 26.7. The zero-order valence-electron chi connectivity index (χ0n) is 24.2. The molecule has 6 heteroatoms. The summed E-state index contributed by atoms with van der Waals surface area (Å²) in [5.74, 6) is 0. The minimum atomic E-state index is -0.263. The Kier molecular flexibility index (Phi) is 27.2. The van der Waals surface area contributed by atoms with Gasteiger partial charge in [-0.05, 0) is 51.9 Å². The molecule has 6 N–H and O–H groups in total. The molecule has 0 aliphatic heterocycles. The predicted molar refractivity (Wildman–Crippen MR) is 157 cm³/mol. The van der Waals surface area contributed by atoms with Gasteiger partial charge < -0.3 is 21.7 Å². The second kappa shape index (κ2) is 27.5. The van der Waals surface area contributed by atoms with Gasteiger partial charge in [0.15, 0.2) is 0 Å². The molecule has 0 rings (SSSR count). The Bertz CT molecular complexity index is 424. The van der Waals surface area contributed by atoms with E-state index < -0.39 is 0 Å². The Morgan fingerprint density at radius 1 is 0.556 bits per heavy atom. The van der Waals surface area contributed by atoms with E-state index in [1.54, 1.807) is 0 Å². The van der Waals surface area contributed by atoms with Crippen LogP contribution < -0.4 is 11.5 Å². The van der Waals surface area contributed by atoms with Crippen LogP contribution in [0, 0.1) is 0 Å². The van der Waals surface area contributed by atoms with Gasteiger partial charge in [-0.25, -0.2) is 0 Å². The van der Waals surface area contributed by atoms with E-state index in [1.807, 2.05) is 0 Å². The molecule has 0 saturated heterocycles. The highest BCUT2D eigenvalue weighted by Crippen LogP contribution is 2.11. The van der Waals surface area contributed by atoms with Gasteiger partial charge in [-0.1, -0.05) is 103 Å². The van der Waals surface area contributed by atoms with Crippen LogP contribution in [0.3, 0.4) is 0 Å². The molecule has 0 aliphatic carbocycles. The van der Waals surface area contributed by atoms with Crippen LogP contribution in [-0.2, 0) is 0 Å². The lowest BCUT2D eigenvalue weighted by Crippen LogP contribution is -2.35. The second-order valence-corrected chi connectivity index (χ2v) is 10.7. The van der Waals surface area contributed by atoms with Crippen molar-refractivity contribution in [2.24, 2.45) is 11.5 Å². The molecule has 216 valence electrons. The number of aliphatic hydroxyl groups is 2. The molecule has 36 heavy (non-hydrogen) atoms. The van der Waals surface area contributed by atoms with Gasteiger partial charge in [0, 0.05) is 26.2 Å². The van der Waals surface area contributed by atoms with Crippen LogP contribution in [0.1, 0.15) is 117 Å². The van der Waals surface area contributed by atoms with Crippen molar-refractivity contribution in [2.45, 2.75) is 129 Å². The first kappa shape index (κ1) is 35.5. The Labute approximate surface area is 224 Å². The minimum absolute atomic E-state index is 0.263. The lowest BCUT2D eigenvalue weighted by atomic mass is 10.1. The lowest BCUT2D eigenvalue weighted by Gasteiger charge is -2.25. The first-order valence-corrected chi connectivity index (χ1v) is 15.4. The van der Waals surface area contributed by atoms with E-state index in [-0.39, 0.29) is 12.2 Å². The summed E-state index contributed by atoms with van der Waals surface area (Å²) in [6.07, 6.45) is 22.7. The van der Waals surface area contributed by atoms with Gasteiger partial charge in [-0.15, -0.1) is 0 Å². The quantitative estimate of drug-likeness (QED) is 0.0863. The number of nitrogens with two attached hydrogens (primary N) is 2.